The lowest BCUT2D eigenvalue weighted by Gasteiger charge is -2.24. The van der Waals surface area contributed by atoms with E-state index in [1.807, 2.05) is 12.1 Å². The van der Waals surface area contributed by atoms with Gasteiger partial charge < -0.3 is 14.8 Å². The van der Waals surface area contributed by atoms with Crippen LogP contribution in [0, 0.1) is 0 Å². The van der Waals surface area contributed by atoms with E-state index in [0.29, 0.717) is 0 Å². The SMILES string of the molecule is CCCCCCOc1ccc([C@H]2CNCCO2)cc1. The first kappa shape index (κ1) is 14.4. The molecule has 1 N–H and O–H groups in total. The lowest BCUT2D eigenvalue weighted by atomic mass is 10.1. The standard InChI is InChI=1S/C16H25NO2/c1-2-3-4-5-11-18-15-8-6-14(7-9-15)16-13-17-10-12-19-16/h6-9,16-17H,2-5,10-13H2,1H3/t16-/m1/s1. The lowest BCUT2D eigenvalue weighted by Crippen LogP contribution is -2.33. The summed E-state index contributed by atoms with van der Waals surface area (Å²) < 4.78 is 11.5. The van der Waals surface area contributed by atoms with Crippen molar-refractivity contribution in [2.75, 3.05) is 26.3 Å². The number of benzene rings is 1. The highest BCUT2D eigenvalue weighted by atomic mass is 16.5. The molecule has 0 bridgehead atoms. The van der Waals surface area contributed by atoms with Gasteiger partial charge in [-0.1, -0.05) is 38.3 Å². The highest BCUT2D eigenvalue weighted by molar-refractivity contribution is 5.29. The monoisotopic (exact) mass is 263 g/mol. The zero-order valence-corrected chi connectivity index (χ0v) is 11.9. The molecule has 106 valence electrons. The van der Waals surface area contributed by atoms with E-state index in [-0.39, 0.29) is 6.10 Å². The van der Waals surface area contributed by atoms with E-state index in [2.05, 4.69) is 24.4 Å². The van der Waals surface area contributed by atoms with Gasteiger partial charge in [0.05, 0.1) is 19.3 Å². The van der Waals surface area contributed by atoms with E-state index >= 15 is 0 Å². The zero-order valence-electron chi connectivity index (χ0n) is 11.9. The summed E-state index contributed by atoms with van der Waals surface area (Å²) in [6.07, 6.45) is 5.16. The lowest BCUT2D eigenvalue weighted by molar-refractivity contribution is 0.0277. The van der Waals surface area contributed by atoms with Gasteiger partial charge in [0, 0.05) is 13.1 Å². The topological polar surface area (TPSA) is 30.5 Å². The maximum atomic E-state index is 5.74. The number of morpholine rings is 1. The van der Waals surface area contributed by atoms with Crippen LogP contribution in [0.25, 0.3) is 0 Å². The summed E-state index contributed by atoms with van der Waals surface area (Å²) >= 11 is 0. The minimum absolute atomic E-state index is 0.187. The third-order valence-corrected chi connectivity index (χ3v) is 3.45. The molecule has 1 aromatic carbocycles. The minimum Gasteiger partial charge on any atom is -0.494 e. The third-order valence-electron chi connectivity index (χ3n) is 3.45. The van der Waals surface area contributed by atoms with Crippen molar-refractivity contribution in [3.05, 3.63) is 29.8 Å². The highest BCUT2D eigenvalue weighted by Crippen LogP contribution is 2.21. The van der Waals surface area contributed by atoms with E-state index < -0.39 is 0 Å². The quantitative estimate of drug-likeness (QED) is 0.766. The minimum atomic E-state index is 0.187. The Kier molecular flexibility index (Phi) is 6.18. The van der Waals surface area contributed by atoms with Gasteiger partial charge >= 0.3 is 0 Å². The van der Waals surface area contributed by atoms with Crippen LogP contribution in [0.15, 0.2) is 24.3 Å². The Hall–Kier alpha value is -1.06. The summed E-state index contributed by atoms with van der Waals surface area (Å²) in [5.74, 6) is 0.962. The van der Waals surface area contributed by atoms with Crippen molar-refractivity contribution in [2.45, 2.75) is 38.7 Å². The first-order valence-corrected chi connectivity index (χ1v) is 7.45. The van der Waals surface area contributed by atoms with Gasteiger partial charge in [-0.2, -0.15) is 0 Å². The van der Waals surface area contributed by atoms with E-state index in [1.54, 1.807) is 0 Å². The Morgan fingerprint density at radius 1 is 1.21 bits per heavy atom. The largest absolute Gasteiger partial charge is 0.494 e. The zero-order chi connectivity index (χ0) is 13.3. The van der Waals surface area contributed by atoms with Crippen LogP contribution < -0.4 is 10.1 Å². The number of rotatable bonds is 7. The summed E-state index contributed by atoms with van der Waals surface area (Å²) in [5, 5.41) is 3.35. The van der Waals surface area contributed by atoms with E-state index in [0.717, 1.165) is 38.5 Å². The van der Waals surface area contributed by atoms with E-state index in [9.17, 15) is 0 Å². The molecule has 3 nitrogen and oxygen atoms in total. The average Bonchev–Trinajstić information content (AvgIpc) is 2.49. The van der Waals surface area contributed by atoms with Crippen molar-refractivity contribution in [3.8, 4) is 5.75 Å². The van der Waals surface area contributed by atoms with Crippen LogP contribution in [-0.4, -0.2) is 26.3 Å². The van der Waals surface area contributed by atoms with Gasteiger partial charge in [-0.15, -0.1) is 0 Å². The van der Waals surface area contributed by atoms with Crippen LogP contribution in [0.1, 0.15) is 44.3 Å². The molecule has 1 aliphatic rings. The van der Waals surface area contributed by atoms with Gasteiger partial charge in [-0.25, -0.2) is 0 Å². The summed E-state index contributed by atoms with van der Waals surface area (Å²) in [4.78, 5) is 0. The molecule has 0 aromatic heterocycles. The predicted octanol–water partition coefficient (Wildman–Crippen LogP) is 3.31. The molecule has 0 radical (unpaired) electrons. The molecule has 2 rings (SSSR count). The summed E-state index contributed by atoms with van der Waals surface area (Å²) in [7, 11) is 0. The first-order chi connectivity index (χ1) is 9.40. The molecule has 0 saturated carbocycles. The van der Waals surface area contributed by atoms with Gasteiger partial charge in [0.15, 0.2) is 0 Å². The van der Waals surface area contributed by atoms with Crippen LogP contribution in [0.2, 0.25) is 0 Å². The summed E-state index contributed by atoms with van der Waals surface area (Å²) in [6, 6.07) is 8.32. The number of unbranched alkanes of at least 4 members (excludes halogenated alkanes) is 3. The summed E-state index contributed by atoms with van der Waals surface area (Å²) in [6.45, 7) is 5.69. The Morgan fingerprint density at radius 2 is 2.05 bits per heavy atom. The second-order valence-corrected chi connectivity index (χ2v) is 5.04. The van der Waals surface area contributed by atoms with Crippen molar-refractivity contribution in [1.29, 1.82) is 0 Å². The highest BCUT2D eigenvalue weighted by Gasteiger charge is 2.15. The molecule has 1 saturated heterocycles. The number of hydrogen-bond donors (Lipinski definition) is 1. The molecule has 1 fully saturated rings. The summed E-state index contributed by atoms with van der Waals surface area (Å²) in [5.41, 5.74) is 1.23. The molecule has 0 amide bonds. The predicted molar refractivity (Wildman–Crippen MR) is 77.6 cm³/mol. The van der Waals surface area contributed by atoms with Gasteiger partial charge in [0.1, 0.15) is 5.75 Å². The number of nitrogens with one attached hydrogen (secondary N) is 1. The molecule has 1 atom stereocenters. The molecule has 0 aliphatic carbocycles. The van der Waals surface area contributed by atoms with Crippen molar-refractivity contribution < 1.29 is 9.47 Å². The normalized spacial score (nSPS) is 19.3. The fourth-order valence-electron chi connectivity index (χ4n) is 2.28. The fourth-order valence-corrected chi connectivity index (χ4v) is 2.28. The molecule has 3 heteroatoms. The molecular weight excluding hydrogens is 238 g/mol. The second kappa shape index (κ2) is 8.18. The van der Waals surface area contributed by atoms with Crippen LogP contribution in [0.3, 0.4) is 0 Å². The Labute approximate surface area is 116 Å². The molecule has 0 spiro atoms. The van der Waals surface area contributed by atoms with E-state index in [4.69, 9.17) is 9.47 Å². The van der Waals surface area contributed by atoms with E-state index in [1.165, 1.54) is 24.8 Å². The number of ether oxygens (including phenoxy) is 2. The van der Waals surface area contributed by atoms with Crippen molar-refractivity contribution in [2.24, 2.45) is 0 Å². The molecule has 1 aromatic rings. The fraction of sp³-hybridized carbons (Fsp3) is 0.625. The Morgan fingerprint density at radius 3 is 2.74 bits per heavy atom. The van der Waals surface area contributed by atoms with Crippen molar-refractivity contribution in [1.82, 2.24) is 5.32 Å². The Balaban J connectivity index is 1.74. The smallest absolute Gasteiger partial charge is 0.119 e. The Bertz CT molecular complexity index is 344. The molecule has 0 unspecified atom stereocenters. The van der Waals surface area contributed by atoms with Gasteiger partial charge in [-0.05, 0) is 24.1 Å². The van der Waals surface area contributed by atoms with Crippen molar-refractivity contribution in [3.63, 3.8) is 0 Å². The molecule has 1 aliphatic heterocycles. The maximum absolute atomic E-state index is 5.74. The molecule has 1 heterocycles. The molecule has 19 heavy (non-hydrogen) atoms. The van der Waals surface area contributed by atoms with Gasteiger partial charge in [-0.3, -0.25) is 0 Å². The van der Waals surface area contributed by atoms with Crippen LogP contribution in [0.5, 0.6) is 5.75 Å². The maximum Gasteiger partial charge on any atom is 0.119 e. The first-order valence-electron chi connectivity index (χ1n) is 7.45. The van der Waals surface area contributed by atoms with Crippen molar-refractivity contribution >= 4 is 0 Å². The molecular formula is C16H25NO2. The second-order valence-electron chi connectivity index (χ2n) is 5.04. The van der Waals surface area contributed by atoms with Crippen LogP contribution >= 0.6 is 0 Å². The average molecular weight is 263 g/mol. The van der Waals surface area contributed by atoms with Crippen LogP contribution in [-0.2, 0) is 4.74 Å². The van der Waals surface area contributed by atoms with Crippen LogP contribution in [0.4, 0.5) is 0 Å². The van der Waals surface area contributed by atoms with Gasteiger partial charge in [0.25, 0.3) is 0 Å². The van der Waals surface area contributed by atoms with Gasteiger partial charge in [0.2, 0.25) is 0 Å². The third kappa shape index (κ3) is 4.84. The number of hydrogen-bond acceptors (Lipinski definition) is 3.